The zero-order chi connectivity index (χ0) is 24.6. The lowest BCUT2D eigenvalue weighted by atomic mass is 9.97. The molecule has 34 heavy (non-hydrogen) atoms. The van der Waals surface area contributed by atoms with Crippen LogP contribution >= 0.6 is 0 Å². The van der Waals surface area contributed by atoms with Crippen LogP contribution in [0.5, 0.6) is 0 Å². The van der Waals surface area contributed by atoms with Crippen LogP contribution in [-0.2, 0) is 16.6 Å². The monoisotopic (exact) mass is 489 g/mol. The number of nitrogens with two attached hydrogens (primary N) is 1. The molecule has 4 rings (SSSR count). The standard InChI is InChI=1S/C23H15F4N3O3S/c24-16-5-1-14(2-6-16)22-18(13-3-7-17(8-4-13)34(28,32)33)11-29-30(23(22)31)12-15-9-20(26)21(27)10-19(15)25/h1-11H,12H2,(H2,28,32,33). The Morgan fingerprint density at radius 2 is 1.41 bits per heavy atom. The van der Waals surface area contributed by atoms with E-state index in [4.69, 9.17) is 5.14 Å². The highest BCUT2D eigenvalue weighted by molar-refractivity contribution is 7.89. The third-order valence-corrected chi connectivity index (χ3v) is 6.01. The van der Waals surface area contributed by atoms with Crippen LogP contribution in [0.1, 0.15) is 5.56 Å². The van der Waals surface area contributed by atoms with Crippen molar-refractivity contribution in [2.75, 3.05) is 0 Å². The summed E-state index contributed by atoms with van der Waals surface area (Å²) in [6.45, 7) is -0.499. The minimum atomic E-state index is -3.94. The highest BCUT2D eigenvalue weighted by Crippen LogP contribution is 2.30. The Bertz CT molecular complexity index is 1550. The van der Waals surface area contributed by atoms with Crippen LogP contribution in [0.2, 0.25) is 0 Å². The molecule has 0 unspecified atom stereocenters. The minimum absolute atomic E-state index is 0.0568. The molecular formula is C23H15F4N3O3S. The largest absolute Gasteiger partial charge is 0.275 e. The van der Waals surface area contributed by atoms with Crippen LogP contribution < -0.4 is 10.7 Å². The highest BCUT2D eigenvalue weighted by atomic mass is 32.2. The summed E-state index contributed by atoms with van der Waals surface area (Å²) in [5, 5.41) is 9.14. The molecule has 11 heteroatoms. The van der Waals surface area contributed by atoms with Crippen molar-refractivity contribution >= 4 is 10.0 Å². The van der Waals surface area contributed by atoms with Gasteiger partial charge in [-0.3, -0.25) is 4.79 Å². The lowest BCUT2D eigenvalue weighted by Gasteiger charge is -2.14. The van der Waals surface area contributed by atoms with Gasteiger partial charge in [0.1, 0.15) is 11.6 Å². The highest BCUT2D eigenvalue weighted by Gasteiger charge is 2.18. The second kappa shape index (κ2) is 8.84. The quantitative estimate of drug-likeness (QED) is 0.341. The first-order valence-corrected chi connectivity index (χ1v) is 11.2. The molecule has 174 valence electrons. The molecule has 4 aromatic rings. The number of rotatable bonds is 5. The predicted octanol–water partition coefficient (Wildman–Crippen LogP) is 3.83. The van der Waals surface area contributed by atoms with Gasteiger partial charge in [0.2, 0.25) is 10.0 Å². The molecule has 0 bridgehead atoms. The normalized spacial score (nSPS) is 11.6. The zero-order valence-corrected chi connectivity index (χ0v) is 18.0. The maximum absolute atomic E-state index is 14.1. The van der Waals surface area contributed by atoms with Gasteiger partial charge >= 0.3 is 0 Å². The zero-order valence-electron chi connectivity index (χ0n) is 17.2. The fraction of sp³-hybridized carbons (Fsp3) is 0.0435. The molecular weight excluding hydrogens is 474 g/mol. The Morgan fingerprint density at radius 1 is 0.824 bits per heavy atom. The number of aromatic nitrogens is 2. The summed E-state index contributed by atoms with van der Waals surface area (Å²) in [4.78, 5) is 13.2. The lowest BCUT2D eigenvalue weighted by Crippen LogP contribution is -2.26. The van der Waals surface area contributed by atoms with E-state index in [0.717, 1.165) is 16.8 Å². The van der Waals surface area contributed by atoms with Crippen molar-refractivity contribution in [3.8, 4) is 22.3 Å². The van der Waals surface area contributed by atoms with Crippen LogP contribution in [-0.4, -0.2) is 18.2 Å². The molecule has 1 aromatic heterocycles. The summed E-state index contributed by atoms with van der Waals surface area (Å²) in [7, 11) is -3.94. The number of halogens is 4. The molecule has 0 saturated carbocycles. The van der Waals surface area contributed by atoms with Gasteiger partial charge in [0.15, 0.2) is 11.6 Å². The Labute approximate surface area is 191 Å². The summed E-state index contributed by atoms with van der Waals surface area (Å²) in [6, 6.07) is 11.3. The van der Waals surface area contributed by atoms with Gasteiger partial charge in [-0.05, 0) is 41.5 Å². The van der Waals surface area contributed by atoms with Gasteiger partial charge < -0.3 is 0 Å². The van der Waals surface area contributed by atoms with E-state index in [1.807, 2.05) is 0 Å². The fourth-order valence-corrected chi connectivity index (χ4v) is 3.90. The Morgan fingerprint density at radius 3 is 2.03 bits per heavy atom. The lowest BCUT2D eigenvalue weighted by molar-refractivity contribution is 0.485. The Balaban J connectivity index is 1.88. The maximum atomic E-state index is 14.1. The summed E-state index contributed by atoms with van der Waals surface area (Å²) < 4.78 is 78.4. The maximum Gasteiger partial charge on any atom is 0.275 e. The van der Waals surface area contributed by atoms with E-state index in [1.54, 1.807) is 0 Å². The first kappa shape index (κ1) is 23.3. The molecule has 3 aromatic carbocycles. The van der Waals surface area contributed by atoms with Gasteiger partial charge in [-0.25, -0.2) is 35.8 Å². The van der Waals surface area contributed by atoms with Gasteiger partial charge in [-0.1, -0.05) is 24.3 Å². The van der Waals surface area contributed by atoms with Crippen LogP contribution in [0.25, 0.3) is 22.3 Å². The molecule has 1 heterocycles. The number of sulfonamides is 1. The second-order valence-corrected chi connectivity index (χ2v) is 8.89. The first-order chi connectivity index (χ1) is 16.0. The minimum Gasteiger partial charge on any atom is -0.267 e. The van der Waals surface area contributed by atoms with E-state index in [-0.39, 0.29) is 21.6 Å². The molecule has 0 aliphatic carbocycles. The molecule has 0 amide bonds. The van der Waals surface area contributed by atoms with Gasteiger partial charge in [0.25, 0.3) is 5.56 Å². The number of hydrogen-bond donors (Lipinski definition) is 1. The SMILES string of the molecule is NS(=O)(=O)c1ccc(-c2cnn(Cc3cc(F)c(F)cc3F)c(=O)c2-c2ccc(F)cc2)cc1. The van der Waals surface area contributed by atoms with Gasteiger partial charge in [0, 0.05) is 17.2 Å². The van der Waals surface area contributed by atoms with Crippen LogP contribution in [0.3, 0.4) is 0 Å². The third kappa shape index (κ3) is 4.61. The second-order valence-electron chi connectivity index (χ2n) is 7.33. The predicted molar refractivity (Wildman–Crippen MR) is 116 cm³/mol. The molecule has 0 aliphatic rings. The van der Waals surface area contributed by atoms with Crippen LogP contribution in [0.4, 0.5) is 17.6 Å². The van der Waals surface area contributed by atoms with Gasteiger partial charge in [0.05, 0.1) is 23.2 Å². The average Bonchev–Trinajstić information content (AvgIpc) is 2.79. The summed E-state index contributed by atoms with van der Waals surface area (Å²) in [5.74, 6) is -4.25. The molecule has 0 fully saturated rings. The third-order valence-electron chi connectivity index (χ3n) is 5.08. The van der Waals surface area contributed by atoms with E-state index < -0.39 is 45.4 Å². The molecule has 6 nitrogen and oxygen atoms in total. The molecule has 0 saturated heterocycles. The van der Waals surface area contributed by atoms with E-state index >= 15 is 0 Å². The summed E-state index contributed by atoms with van der Waals surface area (Å²) in [6.07, 6.45) is 1.28. The van der Waals surface area contributed by atoms with Crippen molar-refractivity contribution < 1.29 is 26.0 Å². The fourth-order valence-electron chi connectivity index (χ4n) is 3.39. The van der Waals surface area contributed by atoms with E-state index in [9.17, 15) is 30.8 Å². The summed E-state index contributed by atoms with van der Waals surface area (Å²) in [5.41, 5.74) is 0.0230. The molecule has 0 aliphatic heterocycles. The molecule has 0 radical (unpaired) electrons. The van der Waals surface area contributed by atoms with Crippen molar-refractivity contribution in [1.29, 1.82) is 0 Å². The molecule has 2 N–H and O–H groups in total. The number of primary sulfonamides is 1. The smallest absolute Gasteiger partial charge is 0.267 e. The van der Waals surface area contributed by atoms with Crippen molar-refractivity contribution in [2.24, 2.45) is 5.14 Å². The van der Waals surface area contributed by atoms with Crippen LogP contribution in [0, 0.1) is 23.3 Å². The summed E-state index contributed by atoms with van der Waals surface area (Å²) >= 11 is 0. The van der Waals surface area contributed by atoms with E-state index in [1.165, 1.54) is 42.6 Å². The van der Waals surface area contributed by atoms with Crippen LogP contribution in [0.15, 0.2) is 76.6 Å². The average molecular weight is 489 g/mol. The Kier molecular flexibility index (Phi) is 6.07. The number of hydrogen-bond acceptors (Lipinski definition) is 4. The van der Waals surface area contributed by atoms with Crippen molar-refractivity contribution in [2.45, 2.75) is 11.4 Å². The van der Waals surface area contributed by atoms with Gasteiger partial charge in [-0.15, -0.1) is 0 Å². The van der Waals surface area contributed by atoms with E-state index in [0.29, 0.717) is 23.3 Å². The van der Waals surface area contributed by atoms with Crippen molar-refractivity contribution in [1.82, 2.24) is 9.78 Å². The van der Waals surface area contributed by atoms with Crippen molar-refractivity contribution in [3.63, 3.8) is 0 Å². The molecule has 0 spiro atoms. The Hall–Kier alpha value is -3.83. The topological polar surface area (TPSA) is 95.1 Å². The first-order valence-electron chi connectivity index (χ1n) is 9.67. The number of benzene rings is 3. The van der Waals surface area contributed by atoms with Gasteiger partial charge in [-0.2, -0.15) is 5.10 Å². The van der Waals surface area contributed by atoms with Crippen molar-refractivity contribution in [3.05, 3.63) is 106 Å². The number of nitrogens with zero attached hydrogens (tertiary/aromatic N) is 2. The molecule has 0 atom stereocenters. The van der Waals surface area contributed by atoms with E-state index in [2.05, 4.69) is 5.10 Å².